The molecule has 1 aromatic rings. The molecule has 3 N–H and O–H groups in total. The second kappa shape index (κ2) is 5.96. The highest BCUT2D eigenvalue weighted by Crippen LogP contribution is 2.32. The summed E-state index contributed by atoms with van der Waals surface area (Å²) in [5.74, 6) is 2.09. The molecule has 4 nitrogen and oxygen atoms in total. The van der Waals surface area contributed by atoms with E-state index in [1.54, 1.807) is 14.2 Å². The Hall–Kier alpha value is -1.42. The Morgan fingerprint density at radius 3 is 2.67 bits per heavy atom. The van der Waals surface area contributed by atoms with Crippen LogP contribution in [0.2, 0.25) is 0 Å². The number of nitrogens with two attached hydrogens (primary N) is 1. The molecule has 0 saturated heterocycles. The number of rotatable bonds is 5. The van der Waals surface area contributed by atoms with Crippen LogP contribution in [0, 0.1) is 5.92 Å². The molecule has 18 heavy (non-hydrogen) atoms. The highest BCUT2D eigenvalue weighted by Gasteiger charge is 2.25. The summed E-state index contributed by atoms with van der Waals surface area (Å²) in [6.45, 7) is 0.755. The molecule has 0 amide bonds. The molecule has 1 aliphatic rings. The number of hydrogen-bond acceptors (Lipinski definition) is 4. The second-order valence-electron chi connectivity index (χ2n) is 4.75. The molecule has 0 heterocycles. The van der Waals surface area contributed by atoms with Crippen LogP contribution < -0.4 is 20.5 Å². The lowest BCUT2D eigenvalue weighted by Gasteiger charge is -2.21. The van der Waals surface area contributed by atoms with E-state index in [-0.39, 0.29) is 0 Å². The van der Waals surface area contributed by atoms with Gasteiger partial charge in [-0.25, -0.2) is 0 Å². The van der Waals surface area contributed by atoms with Crippen LogP contribution in [0.3, 0.4) is 0 Å². The lowest BCUT2D eigenvalue weighted by molar-refractivity contribution is 0.355. The lowest BCUT2D eigenvalue weighted by atomic mass is 10.0. The predicted octanol–water partition coefficient (Wildman–Crippen LogP) is 2.24. The van der Waals surface area contributed by atoms with Crippen molar-refractivity contribution in [3.63, 3.8) is 0 Å². The van der Waals surface area contributed by atoms with Gasteiger partial charge < -0.3 is 20.5 Å². The minimum absolute atomic E-state index is 0.480. The summed E-state index contributed by atoms with van der Waals surface area (Å²) < 4.78 is 10.5. The smallest absolute Gasteiger partial charge is 0.162 e. The van der Waals surface area contributed by atoms with Crippen LogP contribution in [-0.4, -0.2) is 26.8 Å². The minimum atomic E-state index is 0.480. The van der Waals surface area contributed by atoms with Crippen molar-refractivity contribution in [1.82, 2.24) is 0 Å². The first-order chi connectivity index (χ1) is 8.78. The van der Waals surface area contributed by atoms with Crippen molar-refractivity contribution in [3.05, 3.63) is 18.2 Å². The van der Waals surface area contributed by atoms with Gasteiger partial charge in [0.05, 0.1) is 14.2 Å². The van der Waals surface area contributed by atoms with Crippen molar-refractivity contribution in [2.24, 2.45) is 11.7 Å². The van der Waals surface area contributed by atoms with Gasteiger partial charge in [0.1, 0.15) is 0 Å². The fourth-order valence-corrected chi connectivity index (χ4v) is 2.65. The van der Waals surface area contributed by atoms with Gasteiger partial charge in [-0.05, 0) is 37.4 Å². The lowest BCUT2D eigenvalue weighted by Crippen LogP contribution is -2.29. The van der Waals surface area contributed by atoms with E-state index in [1.807, 2.05) is 18.2 Å². The summed E-state index contributed by atoms with van der Waals surface area (Å²) in [5, 5.41) is 3.55. The summed E-state index contributed by atoms with van der Waals surface area (Å²) >= 11 is 0. The molecular formula is C14H22N2O2. The Labute approximate surface area is 108 Å². The van der Waals surface area contributed by atoms with Crippen molar-refractivity contribution in [2.75, 3.05) is 26.1 Å². The standard InChI is InChI=1S/C14H22N2O2/c1-17-13-7-6-11(8-14(13)18-2)16-12-5-3-4-10(12)9-15/h6-8,10,12,16H,3-5,9,15H2,1-2H3. The van der Waals surface area contributed by atoms with E-state index >= 15 is 0 Å². The number of hydrogen-bond donors (Lipinski definition) is 2. The average molecular weight is 250 g/mol. The normalized spacial score (nSPS) is 22.8. The number of benzene rings is 1. The summed E-state index contributed by atoms with van der Waals surface area (Å²) in [6, 6.07) is 6.40. The first kappa shape index (κ1) is 13.0. The maximum Gasteiger partial charge on any atom is 0.162 e. The van der Waals surface area contributed by atoms with Crippen LogP contribution in [-0.2, 0) is 0 Å². The zero-order valence-electron chi connectivity index (χ0n) is 11.1. The fourth-order valence-electron chi connectivity index (χ4n) is 2.65. The van der Waals surface area contributed by atoms with Gasteiger partial charge in [-0.1, -0.05) is 6.42 Å². The molecule has 2 rings (SSSR count). The molecule has 1 fully saturated rings. The maximum absolute atomic E-state index is 5.79. The number of ether oxygens (including phenoxy) is 2. The third kappa shape index (κ3) is 2.70. The van der Waals surface area contributed by atoms with E-state index in [4.69, 9.17) is 15.2 Å². The molecule has 0 aromatic heterocycles. The van der Waals surface area contributed by atoms with Crippen LogP contribution in [0.5, 0.6) is 11.5 Å². The van der Waals surface area contributed by atoms with Gasteiger partial charge in [-0.3, -0.25) is 0 Å². The summed E-state index contributed by atoms with van der Waals surface area (Å²) in [6.07, 6.45) is 3.67. The molecule has 2 atom stereocenters. The number of methoxy groups -OCH3 is 2. The first-order valence-electron chi connectivity index (χ1n) is 6.47. The summed E-state index contributed by atoms with van der Waals surface area (Å²) in [4.78, 5) is 0. The third-order valence-corrected chi connectivity index (χ3v) is 3.70. The van der Waals surface area contributed by atoms with Crippen molar-refractivity contribution in [2.45, 2.75) is 25.3 Å². The molecule has 2 unspecified atom stereocenters. The van der Waals surface area contributed by atoms with E-state index in [2.05, 4.69) is 5.32 Å². The second-order valence-corrected chi connectivity index (χ2v) is 4.75. The predicted molar refractivity (Wildman–Crippen MR) is 73.4 cm³/mol. The van der Waals surface area contributed by atoms with Gasteiger partial charge in [-0.2, -0.15) is 0 Å². The molecule has 4 heteroatoms. The summed E-state index contributed by atoms with van der Waals surface area (Å²) in [7, 11) is 3.30. The zero-order valence-corrected chi connectivity index (χ0v) is 11.1. The van der Waals surface area contributed by atoms with Crippen molar-refractivity contribution in [3.8, 4) is 11.5 Å². The van der Waals surface area contributed by atoms with Gasteiger partial charge in [0.2, 0.25) is 0 Å². The SMILES string of the molecule is COc1ccc(NC2CCCC2CN)cc1OC. The molecule has 0 radical (unpaired) electrons. The van der Waals surface area contributed by atoms with Gasteiger partial charge in [0, 0.05) is 17.8 Å². The van der Waals surface area contributed by atoms with Crippen LogP contribution in [0.4, 0.5) is 5.69 Å². The monoisotopic (exact) mass is 250 g/mol. The fraction of sp³-hybridized carbons (Fsp3) is 0.571. The Bertz CT molecular complexity index is 395. The molecule has 1 aromatic carbocycles. The van der Waals surface area contributed by atoms with Gasteiger partial charge in [0.25, 0.3) is 0 Å². The van der Waals surface area contributed by atoms with E-state index in [9.17, 15) is 0 Å². The molecular weight excluding hydrogens is 228 g/mol. The van der Waals surface area contributed by atoms with Crippen molar-refractivity contribution >= 4 is 5.69 Å². The van der Waals surface area contributed by atoms with E-state index in [0.29, 0.717) is 12.0 Å². The molecule has 0 bridgehead atoms. The number of nitrogens with one attached hydrogen (secondary N) is 1. The quantitative estimate of drug-likeness (QED) is 0.841. The Morgan fingerprint density at radius 2 is 2.00 bits per heavy atom. The van der Waals surface area contributed by atoms with Crippen molar-refractivity contribution < 1.29 is 9.47 Å². The molecule has 0 spiro atoms. The Morgan fingerprint density at radius 1 is 1.22 bits per heavy atom. The van der Waals surface area contributed by atoms with Gasteiger partial charge in [0.15, 0.2) is 11.5 Å². The summed E-state index contributed by atoms with van der Waals surface area (Å²) in [5.41, 5.74) is 6.86. The molecule has 1 saturated carbocycles. The van der Waals surface area contributed by atoms with Gasteiger partial charge >= 0.3 is 0 Å². The maximum atomic E-state index is 5.79. The van der Waals surface area contributed by atoms with E-state index in [0.717, 1.165) is 23.7 Å². The van der Waals surface area contributed by atoms with Crippen LogP contribution in [0.25, 0.3) is 0 Å². The molecule has 0 aliphatic heterocycles. The van der Waals surface area contributed by atoms with Crippen LogP contribution >= 0.6 is 0 Å². The number of anilines is 1. The van der Waals surface area contributed by atoms with Crippen LogP contribution in [0.15, 0.2) is 18.2 Å². The molecule has 1 aliphatic carbocycles. The van der Waals surface area contributed by atoms with Gasteiger partial charge in [-0.15, -0.1) is 0 Å². The highest BCUT2D eigenvalue weighted by atomic mass is 16.5. The minimum Gasteiger partial charge on any atom is -0.493 e. The Balaban J connectivity index is 2.09. The topological polar surface area (TPSA) is 56.5 Å². The largest absolute Gasteiger partial charge is 0.493 e. The van der Waals surface area contributed by atoms with E-state index < -0.39 is 0 Å². The molecule has 100 valence electrons. The highest BCUT2D eigenvalue weighted by molar-refractivity contribution is 5.55. The van der Waals surface area contributed by atoms with E-state index in [1.165, 1.54) is 19.3 Å². The third-order valence-electron chi connectivity index (χ3n) is 3.70. The zero-order chi connectivity index (χ0) is 13.0. The first-order valence-corrected chi connectivity index (χ1v) is 6.47. The van der Waals surface area contributed by atoms with Crippen molar-refractivity contribution in [1.29, 1.82) is 0 Å². The van der Waals surface area contributed by atoms with Crippen LogP contribution in [0.1, 0.15) is 19.3 Å². The Kier molecular flexibility index (Phi) is 4.31. The average Bonchev–Trinajstić information content (AvgIpc) is 2.85.